The zero-order valence-corrected chi connectivity index (χ0v) is 17.0. The number of rotatable bonds is 6. The maximum absolute atomic E-state index is 10.6. The minimum Gasteiger partial charge on any atom is -0.492 e. The minimum absolute atomic E-state index is 0.211. The molecule has 0 amide bonds. The van der Waals surface area contributed by atoms with Gasteiger partial charge in [-0.15, -0.1) is 9.45 Å². The monoisotopic (exact) mass is 440 g/mol. The van der Waals surface area contributed by atoms with Crippen LogP contribution in [-0.2, 0) is 9.37 Å². The summed E-state index contributed by atoms with van der Waals surface area (Å²) in [5, 5.41) is 35.4. The Kier molecular flexibility index (Phi) is 6.55. The summed E-state index contributed by atoms with van der Waals surface area (Å²) in [6.07, 6.45) is 0. The van der Waals surface area contributed by atoms with E-state index < -0.39 is 0 Å². The lowest BCUT2D eigenvalue weighted by atomic mass is 10.2. The summed E-state index contributed by atoms with van der Waals surface area (Å²) in [4.78, 5) is 0.395. The third-order valence-corrected chi connectivity index (χ3v) is 5.06. The molecule has 0 saturated carbocycles. The van der Waals surface area contributed by atoms with Crippen molar-refractivity contribution < 1.29 is 19.7 Å². The van der Waals surface area contributed by atoms with E-state index in [1.807, 2.05) is 31.2 Å². The van der Waals surface area contributed by atoms with Crippen molar-refractivity contribution in [2.24, 2.45) is 10.2 Å². The summed E-state index contributed by atoms with van der Waals surface area (Å²) in [5.41, 5.74) is 2.75. The average Bonchev–Trinajstić information content (AvgIpc) is 2.95. The Labute approximate surface area is 174 Å². The van der Waals surface area contributed by atoms with Gasteiger partial charge in [-0.1, -0.05) is 45.9 Å². The second-order valence-corrected chi connectivity index (χ2v) is 7.22. The van der Waals surface area contributed by atoms with E-state index in [2.05, 4.69) is 24.7 Å². The molecule has 0 unspecified atom stereocenters. The van der Waals surface area contributed by atoms with Gasteiger partial charge in [-0.2, -0.15) is 14.9 Å². The molecule has 0 saturated heterocycles. The lowest BCUT2D eigenvalue weighted by molar-refractivity contribution is -0.432. The first-order valence-electron chi connectivity index (χ1n) is 7.82. The topological polar surface area (TPSA) is 101 Å². The summed E-state index contributed by atoms with van der Waals surface area (Å²) >= 11 is 13.1. The zero-order valence-electron chi connectivity index (χ0n) is 14.6. The SMILES string of the molecule is Cc1ccc(/N=N/c2c(C)nn(-c3cc(Cl)c(SOOO)cc3Cl)c2O)cc1. The van der Waals surface area contributed by atoms with Crippen LogP contribution in [-0.4, -0.2) is 20.1 Å². The van der Waals surface area contributed by atoms with E-state index in [9.17, 15) is 5.11 Å². The summed E-state index contributed by atoms with van der Waals surface area (Å²) < 4.78 is 5.57. The number of hydrogen-bond acceptors (Lipinski definition) is 8. The molecule has 146 valence electrons. The molecule has 28 heavy (non-hydrogen) atoms. The van der Waals surface area contributed by atoms with E-state index in [4.69, 9.17) is 28.5 Å². The molecule has 3 aromatic rings. The van der Waals surface area contributed by atoms with Gasteiger partial charge < -0.3 is 5.11 Å². The molecule has 1 aromatic heterocycles. The van der Waals surface area contributed by atoms with Crippen molar-refractivity contribution in [3.8, 4) is 11.6 Å². The first-order chi connectivity index (χ1) is 13.4. The second-order valence-electron chi connectivity index (χ2n) is 5.66. The van der Waals surface area contributed by atoms with Crippen molar-refractivity contribution in [3.05, 3.63) is 57.7 Å². The Bertz CT molecular complexity index is 1020. The van der Waals surface area contributed by atoms with Crippen molar-refractivity contribution >= 4 is 46.6 Å². The number of hydrogen-bond donors (Lipinski definition) is 2. The average molecular weight is 441 g/mol. The molecule has 0 bridgehead atoms. The van der Waals surface area contributed by atoms with Crippen LogP contribution >= 0.6 is 35.2 Å². The highest BCUT2D eigenvalue weighted by Crippen LogP contribution is 2.39. The minimum atomic E-state index is -0.235. The van der Waals surface area contributed by atoms with Crippen molar-refractivity contribution in [2.75, 3.05) is 0 Å². The highest BCUT2D eigenvalue weighted by atomic mass is 35.5. The lowest BCUT2D eigenvalue weighted by Gasteiger charge is -2.09. The number of aromatic nitrogens is 2. The van der Waals surface area contributed by atoms with E-state index in [0.29, 0.717) is 34.0 Å². The Morgan fingerprint density at radius 1 is 1.07 bits per heavy atom. The number of aryl methyl sites for hydroxylation is 2. The molecule has 0 radical (unpaired) electrons. The van der Waals surface area contributed by atoms with Gasteiger partial charge in [-0.05, 0) is 38.1 Å². The standard InChI is InChI=1S/C17H14Cl2N4O4S/c1-9-3-5-11(6-4-9)20-21-16-10(2)22-23(17(16)24)14-7-13(19)15(8-12(14)18)28-27-26-25/h3-8,24-25H,1-2H3/b21-20+. The van der Waals surface area contributed by atoms with Crippen LogP contribution < -0.4 is 0 Å². The van der Waals surface area contributed by atoms with Crippen LogP contribution in [0.4, 0.5) is 11.4 Å². The smallest absolute Gasteiger partial charge is 0.243 e. The predicted molar refractivity (Wildman–Crippen MR) is 106 cm³/mol. The summed E-state index contributed by atoms with van der Waals surface area (Å²) in [5.74, 6) is -0.235. The Balaban J connectivity index is 1.95. The number of azo groups is 1. The molecule has 0 aliphatic carbocycles. The zero-order chi connectivity index (χ0) is 20.3. The Morgan fingerprint density at radius 2 is 1.79 bits per heavy atom. The molecular weight excluding hydrogens is 427 g/mol. The van der Waals surface area contributed by atoms with Gasteiger partial charge in [0.2, 0.25) is 5.88 Å². The van der Waals surface area contributed by atoms with Crippen molar-refractivity contribution in [3.63, 3.8) is 0 Å². The molecule has 0 atom stereocenters. The van der Waals surface area contributed by atoms with Crippen LogP contribution in [0.5, 0.6) is 5.88 Å². The fourth-order valence-corrected chi connectivity index (χ4v) is 3.28. The maximum atomic E-state index is 10.6. The molecule has 2 N–H and O–H groups in total. The lowest BCUT2D eigenvalue weighted by Crippen LogP contribution is -1.98. The molecule has 2 aromatic carbocycles. The molecule has 0 aliphatic rings. The van der Waals surface area contributed by atoms with Gasteiger partial charge in [0.25, 0.3) is 0 Å². The van der Waals surface area contributed by atoms with E-state index >= 15 is 0 Å². The fraction of sp³-hybridized carbons (Fsp3) is 0.118. The predicted octanol–water partition coefficient (Wildman–Crippen LogP) is 6.35. The van der Waals surface area contributed by atoms with Gasteiger partial charge in [0.15, 0.2) is 5.69 Å². The summed E-state index contributed by atoms with van der Waals surface area (Å²) in [6, 6.07) is 10.4. The van der Waals surface area contributed by atoms with E-state index in [1.165, 1.54) is 16.8 Å². The van der Waals surface area contributed by atoms with Crippen LogP contribution in [0.1, 0.15) is 11.3 Å². The van der Waals surface area contributed by atoms with E-state index in [-0.39, 0.29) is 21.6 Å². The number of halogens is 2. The maximum Gasteiger partial charge on any atom is 0.243 e. The fourth-order valence-electron chi connectivity index (χ4n) is 2.31. The number of benzene rings is 2. The molecule has 11 heteroatoms. The van der Waals surface area contributed by atoms with Crippen LogP contribution in [0.25, 0.3) is 5.69 Å². The molecule has 8 nitrogen and oxygen atoms in total. The van der Waals surface area contributed by atoms with Gasteiger partial charge in [-0.25, -0.2) is 5.26 Å². The van der Waals surface area contributed by atoms with E-state index in [1.54, 1.807) is 6.92 Å². The van der Waals surface area contributed by atoms with Crippen LogP contribution in [0, 0.1) is 13.8 Å². The van der Waals surface area contributed by atoms with Gasteiger partial charge >= 0.3 is 0 Å². The largest absolute Gasteiger partial charge is 0.492 e. The van der Waals surface area contributed by atoms with Gasteiger partial charge in [-0.3, -0.25) is 0 Å². The third-order valence-electron chi connectivity index (χ3n) is 3.69. The highest BCUT2D eigenvalue weighted by molar-refractivity contribution is 7.94. The Morgan fingerprint density at radius 3 is 2.46 bits per heavy atom. The number of aromatic hydroxyl groups is 1. The Hall–Kier alpha value is -2.14. The third kappa shape index (κ3) is 4.46. The van der Waals surface area contributed by atoms with Crippen molar-refractivity contribution in [1.82, 2.24) is 9.78 Å². The molecule has 0 fully saturated rings. The van der Waals surface area contributed by atoms with Gasteiger partial charge in [0.1, 0.15) is 0 Å². The van der Waals surface area contributed by atoms with Crippen LogP contribution in [0.3, 0.4) is 0 Å². The van der Waals surface area contributed by atoms with Crippen LogP contribution in [0.15, 0.2) is 51.5 Å². The normalized spacial score (nSPS) is 11.5. The molecule has 3 rings (SSSR count). The first-order valence-corrected chi connectivity index (χ1v) is 9.31. The van der Waals surface area contributed by atoms with Gasteiger partial charge in [0, 0.05) is 0 Å². The summed E-state index contributed by atoms with van der Waals surface area (Å²) in [7, 11) is 0. The number of nitrogens with zero attached hydrogens (tertiary/aromatic N) is 4. The van der Waals surface area contributed by atoms with Gasteiger partial charge in [0.05, 0.1) is 44.1 Å². The molecule has 1 heterocycles. The highest BCUT2D eigenvalue weighted by Gasteiger charge is 2.19. The second kappa shape index (κ2) is 8.91. The summed E-state index contributed by atoms with van der Waals surface area (Å²) in [6.45, 7) is 3.66. The quantitative estimate of drug-likeness (QED) is 0.200. The van der Waals surface area contributed by atoms with E-state index in [0.717, 1.165) is 5.56 Å². The van der Waals surface area contributed by atoms with Crippen molar-refractivity contribution in [1.29, 1.82) is 0 Å². The van der Waals surface area contributed by atoms with Crippen LogP contribution in [0.2, 0.25) is 10.0 Å². The molecule has 0 aliphatic heterocycles. The first kappa shape index (κ1) is 20.6. The van der Waals surface area contributed by atoms with Crippen molar-refractivity contribution in [2.45, 2.75) is 18.7 Å². The molecular formula is C17H14Cl2N4O4S. The molecule has 0 spiro atoms.